The van der Waals surface area contributed by atoms with Gasteiger partial charge in [0.1, 0.15) is 12.5 Å². The van der Waals surface area contributed by atoms with E-state index in [2.05, 4.69) is 58.2 Å². The zero-order chi connectivity index (χ0) is 21.5. The first kappa shape index (κ1) is 21.5. The molecule has 1 unspecified atom stereocenters. The van der Waals surface area contributed by atoms with Gasteiger partial charge in [0.15, 0.2) is 5.13 Å². The maximum absolute atomic E-state index is 9.63. The Bertz CT molecular complexity index is 1060. The summed E-state index contributed by atoms with van der Waals surface area (Å²) in [5.41, 5.74) is 3.14. The summed E-state index contributed by atoms with van der Waals surface area (Å²) < 4.78 is 3.03. The molecule has 4 aromatic rings. The molecular formula is C23H26N4O2S. The van der Waals surface area contributed by atoms with Crippen molar-refractivity contribution in [3.8, 4) is 5.75 Å². The summed E-state index contributed by atoms with van der Waals surface area (Å²) in [6.45, 7) is 6.48. The minimum absolute atomic E-state index is 0.240. The summed E-state index contributed by atoms with van der Waals surface area (Å²) in [6.07, 6.45) is 6.11. The van der Waals surface area contributed by atoms with Gasteiger partial charge in [0.05, 0.1) is 16.3 Å². The molecule has 2 aromatic heterocycles. The van der Waals surface area contributed by atoms with E-state index in [0.717, 1.165) is 33.9 Å². The lowest BCUT2D eigenvalue weighted by Crippen LogP contribution is -2.20. The molecule has 30 heavy (non-hydrogen) atoms. The summed E-state index contributed by atoms with van der Waals surface area (Å²) in [5, 5.41) is 18.3. The summed E-state index contributed by atoms with van der Waals surface area (Å²) in [4.78, 5) is 12.6. The monoisotopic (exact) mass is 422 g/mol. The third-order valence-electron chi connectivity index (χ3n) is 5.18. The molecule has 0 aliphatic rings. The third-order valence-corrected chi connectivity index (χ3v) is 6.11. The SMILES string of the molecule is C=O.CCC(CC)C(c1ccc(Nc2nc3ccc(O)cc3s2)cc1)n1cccn1. The maximum atomic E-state index is 9.63. The molecular weight excluding hydrogens is 396 g/mol. The number of hydrogen-bond donors (Lipinski definition) is 2. The van der Waals surface area contributed by atoms with Crippen LogP contribution in [-0.4, -0.2) is 26.7 Å². The normalized spacial score (nSPS) is 11.8. The smallest absolute Gasteiger partial charge is 0.188 e. The first-order valence-electron chi connectivity index (χ1n) is 9.92. The number of carbonyl (C=O) groups excluding carboxylic acids is 1. The van der Waals surface area contributed by atoms with Gasteiger partial charge in [-0.2, -0.15) is 5.10 Å². The van der Waals surface area contributed by atoms with Crippen LogP contribution in [0.5, 0.6) is 5.75 Å². The Morgan fingerprint density at radius 1 is 1.13 bits per heavy atom. The number of nitrogens with zero attached hydrogens (tertiary/aromatic N) is 3. The van der Waals surface area contributed by atoms with E-state index in [-0.39, 0.29) is 11.8 Å². The number of rotatable bonds is 7. The fraction of sp³-hybridized carbons (Fsp3) is 0.261. The number of fused-ring (bicyclic) bond motifs is 1. The van der Waals surface area contributed by atoms with Gasteiger partial charge in [-0.25, -0.2) is 4.98 Å². The number of phenolic OH excluding ortho intramolecular Hbond substituents is 1. The second-order valence-electron chi connectivity index (χ2n) is 6.93. The molecule has 0 bridgehead atoms. The summed E-state index contributed by atoms with van der Waals surface area (Å²) in [7, 11) is 0. The van der Waals surface area contributed by atoms with Gasteiger partial charge < -0.3 is 15.2 Å². The molecule has 4 rings (SSSR count). The van der Waals surface area contributed by atoms with Crippen molar-refractivity contribution in [2.75, 3.05) is 5.32 Å². The second-order valence-corrected chi connectivity index (χ2v) is 7.96. The van der Waals surface area contributed by atoms with Crippen LogP contribution in [0.1, 0.15) is 38.3 Å². The van der Waals surface area contributed by atoms with Crippen LogP contribution in [0.25, 0.3) is 10.2 Å². The highest BCUT2D eigenvalue weighted by Crippen LogP contribution is 2.33. The molecule has 2 heterocycles. The average Bonchev–Trinajstić information content (AvgIpc) is 3.43. The Morgan fingerprint density at radius 3 is 2.50 bits per heavy atom. The van der Waals surface area contributed by atoms with E-state index < -0.39 is 0 Å². The maximum Gasteiger partial charge on any atom is 0.188 e. The molecule has 6 nitrogen and oxygen atoms in total. The van der Waals surface area contributed by atoms with Crippen LogP contribution in [-0.2, 0) is 4.79 Å². The second kappa shape index (κ2) is 10.0. The highest BCUT2D eigenvalue weighted by atomic mass is 32.1. The van der Waals surface area contributed by atoms with E-state index >= 15 is 0 Å². The first-order valence-corrected chi connectivity index (χ1v) is 10.7. The lowest BCUT2D eigenvalue weighted by atomic mass is 9.89. The standard InChI is InChI=1S/C22H24N4OS.CH2O/c1-3-15(4-2)21(26-13-5-12-23-26)16-6-8-17(9-7-16)24-22-25-19-11-10-18(27)14-20(19)28-22;1-2/h5-15,21,27H,3-4H2,1-2H3,(H,24,25);1H2. The van der Waals surface area contributed by atoms with Crippen molar-refractivity contribution in [3.63, 3.8) is 0 Å². The highest BCUT2D eigenvalue weighted by Gasteiger charge is 2.22. The Hall–Kier alpha value is -3.19. The minimum Gasteiger partial charge on any atom is -0.508 e. The number of carbonyl (C=O) groups is 1. The number of nitrogens with one attached hydrogen (secondary N) is 1. The lowest BCUT2D eigenvalue weighted by molar-refractivity contribution is -0.0979. The number of phenols is 1. The van der Waals surface area contributed by atoms with Crippen molar-refractivity contribution >= 4 is 39.2 Å². The van der Waals surface area contributed by atoms with Crippen LogP contribution in [0.4, 0.5) is 10.8 Å². The summed E-state index contributed by atoms with van der Waals surface area (Å²) in [6, 6.07) is 16.0. The Morgan fingerprint density at radius 2 is 1.87 bits per heavy atom. The third kappa shape index (κ3) is 4.68. The van der Waals surface area contributed by atoms with Crippen LogP contribution in [0.2, 0.25) is 0 Å². The average molecular weight is 423 g/mol. The Kier molecular flexibility index (Phi) is 7.19. The van der Waals surface area contributed by atoms with Crippen molar-refractivity contribution in [2.45, 2.75) is 32.7 Å². The first-order chi connectivity index (χ1) is 14.7. The van der Waals surface area contributed by atoms with Crippen LogP contribution < -0.4 is 5.32 Å². The van der Waals surface area contributed by atoms with E-state index in [1.54, 1.807) is 12.1 Å². The Balaban J connectivity index is 0.00000124. The molecule has 0 saturated carbocycles. The molecule has 0 aliphatic heterocycles. The Labute approximate surface area is 180 Å². The number of aromatic nitrogens is 3. The van der Waals surface area contributed by atoms with E-state index in [9.17, 15) is 5.11 Å². The largest absolute Gasteiger partial charge is 0.508 e. The van der Waals surface area contributed by atoms with Crippen molar-refractivity contribution in [2.24, 2.45) is 5.92 Å². The van der Waals surface area contributed by atoms with Crippen LogP contribution in [0, 0.1) is 5.92 Å². The molecule has 7 heteroatoms. The predicted molar refractivity (Wildman–Crippen MR) is 123 cm³/mol. The molecule has 2 aromatic carbocycles. The van der Waals surface area contributed by atoms with Gasteiger partial charge in [0, 0.05) is 18.1 Å². The molecule has 1 atom stereocenters. The van der Waals surface area contributed by atoms with Gasteiger partial charge in [-0.05, 0) is 47.9 Å². The van der Waals surface area contributed by atoms with Gasteiger partial charge in [-0.3, -0.25) is 4.68 Å². The number of thiazole rings is 1. The molecule has 0 aliphatic carbocycles. The van der Waals surface area contributed by atoms with Crippen molar-refractivity contribution in [3.05, 3.63) is 66.5 Å². The summed E-state index contributed by atoms with van der Waals surface area (Å²) in [5.74, 6) is 0.800. The van der Waals surface area contributed by atoms with Crippen LogP contribution >= 0.6 is 11.3 Å². The van der Waals surface area contributed by atoms with Gasteiger partial charge in [0.25, 0.3) is 0 Å². The predicted octanol–water partition coefficient (Wildman–Crippen LogP) is 5.78. The van der Waals surface area contributed by atoms with Crippen LogP contribution in [0.15, 0.2) is 60.9 Å². The zero-order valence-electron chi connectivity index (χ0n) is 17.2. The lowest BCUT2D eigenvalue weighted by Gasteiger charge is -2.26. The van der Waals surface area contributed by atoms with Gasteiger partial charge in [0.2, 0.25) is 0 Å². The van der Waals surface area contributed by atoms with E-state index in [1.807, 2.05) is 31.3 Å². The van der Waals surface area contributed by atoms with E-state index in [0.29, 0.717) is 5.92 Å². The van der Waals surface area contributed by atoms with E-state index in [4.69, 9.17) is 4.79 Å². The molecule has 2 N–H and O–H groups in total. The molecule has 156 valence electrons. The number of hydrogen-bond acceptors (Lipinski definition) is 6. The van der Waals surface area contributed by atoms with Crippen molar-refractivity contribution in [1.29, 1.82) is 0 Å². The summed E-state index contributed by atoms with van der Waals surface area (Å²) >= 11 is 1.53. The molecule has 0 spiro atoms. The van der Waals surface area contributed by atoms with Gasteiger partial charge >= 0.3 is 0 Å². The highest BCUT2D eigenvalue weighted by molar-refractivity contribution is 7.22. The fourth-order valence-corrected chi connectivity index (χ4v) is 4.59. The molecule has 0 amide bonds. The molecule has 0 radical (unpaired) electrons. The van der Waals surface area contributed by atoms with Crippen molar-refractivity contribution in [1.82, 2.24) is 14.8 Å². The molecule has 0 saturated heterocycles. The van der Waals surface area contributed by atoms with Crippen LogP contribution in [0.3, 0.4) is 0 Å². The zero-order valence-corrected chi connectivity index (χ0v) is 18.0. The topological polar surface area (TPSA) is 80.0 Å². The molecule has 0 fully saturated rings. The quantitative estimate of drug-likeness (QED) is 0.394. The van der Waals surface area contributed by atoms with Gasteiger partial charge in [-0.15, -0.1) is 0 Å². The van der Waals surface area contributed by atoms with Crippen molar-refractivity contribution < 1.29 is 9.90 Å². The number of aromatic hydroxyl groups is 1. The number of anilines is 2. The number of benzene rings is 2. The minimum atomic E-state index is 0.240. The van der Waals surface area contributed by atoms with Gasteiger partial charge in [-0.1, -0.05) is 50.2 Å². The fourth-order valence-electron chi connectivity index (χ4n) is 3.68. The van der Waals surface area contributed by atoms with E-state index in [1.165, 1.54) is 16.9 Å².